The summed E-state index contributed by atoms with van der Waals surface area (Å²) in [5.74, 6) is -0.530. The van der Waals surface area contributed by atoms with E-state index in [1.165, 1.54) is 0 Å². The number of fused-ring (bicyclic) bond motifs is 1. The van der Waals surface area contributed by atoms with Crippen molar-refractivity contribution in [1.82, 2.24) is 20.8 Å². The van der Waals surface area contributed by atoms with Gasteiger partial charge in [0.25, 0.3) is 5.89 Å². The zero-order valence-electron chi connectivity index (χ0n) is 12.8. The fourth-order valence-electron chi connectivity index (χ4n) is 2.96. The van der Waals surface area contributed by atoms with Crippen LogP contribution in [-0.4, -0.2) is 22.2 Å². The average molecular weight is 334 g/mol. The molecule has 6 nitrogen and oxygen atoms in total. The Morgan fingerprint density at radius 3 is 2.79 bits per heavy atom. The first kappa shape index (κ1) is 15.0. The van der Waals surface area contributed by atoms with Crippen LogP contribution in [0.4, 0.5) is 13.6 Å². The van der Waals surface area contributed by atoms with Gasteiger partial charge in [-0.25, -0.2) is 4.79 Å². The van der Waals surface area contributed by atoms with E-state index in [1.807, 2.05) is 12.1 Å². The van der Waals surface area contributed by atoms with Crippen molar-refractivity contribution >= 4 is 6.03 Å². The summed E-state index contributed by atoms with van der Waals surface area (Å²) in [6.07, 6.45) is 0.925. The Hall–Kier alpha value is -2.51. The lowest BCUT2D eigenvalue weighted by Gasteiger charge is -2.14. The van der Waals surface area contributed by atoms with Gasteiger partial charge in [-0.2, -0.15) is 13.8 Å². The topological polar surface area (TPSA) is 80.0 Å². The van der Waals surface area contributed by atoms with Gasteiger partial charge in [0, 0.05) is 11.6 Å². The highest BCUT2D eigenvalue weighted by Gasteiger charge is 2.28. The van der Waals surface area contributed by atoms with Crippen LogP contribution < -0.4 is 10.6 Å². The number of halogens is 2. The molecule has 1 aromatic carbocycles. The summed E-state index contributed by atoms with van der Waals surface area (Å²) in [5, 5.41) is 9.49. The number of carbonyl (C=O) groups excluding carboxylic acids is 1. The Labute approximate surface area is 136 Å². The van der Waals surface area contributed by atoms with E-state index in [2.05, 4.69) is 25.3 Å². The minimum absolute atomic E-state index is 0.0327. The molecule has 1 heterocycles. The monoisotopic (exact) mass is 334 g/mol. The largest absolute Gasteiger partial charge is 0.335 e. The van der Waals surface area contributed by atoms with Crippen molar-refractivity contribution in [1.29, 1.82) is 0 Å². The third kappa shape index (κ3) is 2.95. The number of nitrogens with one attached hydrogen (secondary N) is 2. The summed E-state index contributed by atoms with van der Waals surface area (Å²) in [4.78, 5) is 15.6. The molecule has 126 valence electrons. The van der Waals surface area contributed by atoms with E-state index in [0.717, 1.165) is 36.8 Å². The number of amides is 2. The second kappa shape index (κ2) is 5.85. The first-order valence-electron chi connectivity index (χ1n) is 7.92. The minimum atomic E-state index is -2.78. The second-order valence-electron chi connectivity index (χ2n) is 6.15. The fourth-order valence-corrected chi connectivity index (χ4v) is 2.96. The molecule has 0 saturated heterocycles. The van der Waals surface area contributed by atoms with Crippen molar-refractivity contribution in [2.45, 2.75) is 44.2 Å². The third-order valence-electron chi connectivity index (χ3n) is 4.33. The Morgan fingerprint density at radius 1 is 1.25 bits per heavy atom. The predicted octanol–water partition coefficient (Wildman–Crippen LogP) is 3.12. The molecular formula is C16H16F2N4O2. The zero-order valence-corrected chi connectivity index (χ0v) is 12.8. The summed E-state index contributed by atoms with van der Waals surface area (Å²) in [7, 11) is 0. The highest BCUT2D eigenvalue weighted by molar-refractivity contribution is 5.75. The fraction of sp³-hybridized carbons (Fsp3) is 0.438. The van der Waals surface area contributed by atoms with E-state index in [1.54, 1.807) is 6.07 Å². The molecule has 0 bridgehead atoms. The van der Waals surface area contributed by atoms with Gasteiger partial charge in [-0.05, 0) is 42.9 Å². The maximum atomic E-state index is 12.5. The molecule has 0 spiro atoms. The number of carbonyl (C=O) groups is 1. The standard InChI is InChI=1S/C16H16F2N4O2/c17-13(18)15-21-14(22-24-15)9-1-5-11-8(7-9)2-6-12(11)20-16(23)19-10-3-4-10/h1,5,7,10,12-13H,2-4,6H2,(H2,19,20,23). The number of nitrogens with zero attached hydrogens (tertiary/aromatic N) is 2. The Bertz CT molecular complexity index is 773. The van der Waals surface area contributed by atoms with Gasteiger partial charge in [0.05, 0.1) is 6.04 Å². The Kier molecular flexibility index (Phi) is 3.66. The molecular weight excluding hydrogens is 318 g/mol. The van der Waals surface area contributed by atoms with Crippen LogP contribution in [0.15, 0.2) is 22.7 Å². The van der Waals surface area contributed by atoms with Crippen LogP contribution in [0.25, 0.3) is 11.4 Å². The first-order valence-corrected chi connectivity index (χ1v) is 7.92. The highest BCUT2D eigenvalue weighted by Crippen LogP contribution is 2.34. The van der Waals surface area contributed by atoms with Crippen LogP contribution >= 0.6 is 0 Å². The van der Waals surface area contributed by atoms with Gasteiger partial charge in [-0.15, -0.1) is 0 Å². The van der Waals surface area contributed by atoms with E-state index >= 15 is 0 Å². The maximum absolute atomic E-state index is 12.5. The van der Waals surface area contributed by atoms with E-state index in [0.29, 0.717) is 11.6 Å². The van der Waals surface area contributed by atoms with Gasteiger partial charge in [0.15, 0.2) is 0 Å². The van der Waals surface area contributed by atoms with Crippen molar-refractivity contribution in [2.75, 3.05) is 0 Å². The van der Waals surface area contributed by atoms with E-state index < -0.39 is 12.3 Å². The van der Waals surface area contributed by atoms with E-state index in [9.17, 15) is 13.6 Å². The number of rotatable bonds is 4. The number of alkyl halides is 2. The normalized spacial score (nSPS) is 19.4. The number of aryl methyl sites for hydroxylation is 1. The van der Waals surface area contributed by atoms with Gasteiger partial charge in [0.1, 0.15) is 0 Å². The molecule has 2 N–H and O–H groups in total. The predicted molar refractivity (Wildman–Crippen MR) is 80.4 cm³/mol. The molecule has 0 radical (unpaired) electrons. The lowest BCUT2D eigenvalue weighted by atomic mass is 10.0. The third-order valence-corrected chi connectivity index (χ3v) is 4.33. The van der Waals surface area contributed by atoms with Crippen molar-refractivity contribution in [3.63, 3.8) is 0 Å². The van der Waals surface area contributed by atoms with Crippen LogP contribution in [0.5, 0.6) is 0 Å². The summed E-state index contributed by atoms with van der Waals surface area (Å²) in [6.45, 7) is 0. The molecule has 24 heavy (non-hydrogen) atoms. The minimum Gasteiger partial charge on any atom is -0.335 e. The second-order valence-corrected chi connectivity index (χ2v) is 6.15. The van der Waals surface area contributed by atoms with Crippen LogP contribution in [-0.2, 0) is 6.42 Å². The quantitative estimate of drug-likeness (QED) is 0.900. The molecule has 2 aliphatic rings. The van der Waals surface area contributed by atoms with Gasteiger partial charge in [0.2, 0.25) is 5.82 Å². The number of hydrogen-bond acceptors (Lipinski definition) is 4. The first-order chi connectivity index (χ1) is 11.6. The van der Waals surface area contributed by atoms with Gasteiger partial charge in [-0.3, -0.25) is 0 Å². The lowest BCUT2D eigenvalue weighted by Crippen LogP contribution is -2.38. The molecule has 1 fully saturated rings. The summed E-state index contributed by atoms with van der Waals surface area (Å²) >= 11 is 0. The summed E-state index contributed by atoms with van der Waals surface area (Å²) in [5.41, 5.74) is 2.74. The molecule has 2 aromatic rings. The van der Waals surface area contributed by atoms with Crippen LogP contribution in [0.3, 0.4) is 0 Å². The molecule has 1 unspecified atom stereocenters. The van der Waals surface area contributed by atoms with Crippen molar-refractivity contribution in [3.8, 4) is 11.4 Å². The molecule has 2 aliphatic carbocycles. The number of urea groups is 1. The van der Waals surface area contributed by atoms with E-state index in [4.69, 9.17) is 0 Å². The highest BCUT2D eigenvalue weighted by atomic mass is 19.3. The van der Waals surface area contributed by atoms with Crippen molar-refractivity contribution in [2.24, 2.45) is 0 Å². The lowest BCUT2D eigenvalue weighted by molar-refractivity contribution is 0.106. The Morgan fingerprint density at radius 2 is 2.08 bits per heavy atom. The summed E-state index contributed by atoms with van der Waals surface area (Å²) < 4.78 is 29.6. The molecule has 1 atom stereocenters. The molecule has 1 aromatic heterocycles. The molecule has 0 aliphatic heterocycles. The smallest absolute Gasteiger partial charge is 0.315 e. The van der Waals surface area contributed by atoms with Gasteiger partial charge in [-0.1, -0.05) is 17.3 Å². The maximum Gasteiger partial charge on any atom is 0.315 e. The SMILES string of the molecule is O=C(NC1CC1)NC1CCc2cc(-c3noc(C(F)F)n3)ccc21. The average Bonchev–Trinajstić information content (AvgIpc) is 3.09. The van der Waals surface area contributed by atoms with Crippen molar-refractivity contribution < 1.29 is 18.1 Å². The molecule has 2 amide bonds. The number of aromatic nitrogens is 2. The number of hydrogen-bond donors (Lipinski definition) is 2. The van der Waals surface area contributed by atoms with Crippen LogP contribution in [0.1, 0.15) is 48.7 Å². The van der Waals surface area contributed by atoms with Gasteiger partial charge < -0.3 is 15.2 Å². The summed E-state index contributed by atoms with van der Waals surface area (Å²) in [6, 6.07) is 5.66. The molecule has 8 heteroatoms. The van der Waals surface area contributed by atoms with Gasteiger partial charge >= 0.3 is 12.5 Å². The molecule has 4 rings (SSSR count). The van der Waals surface area contributed by atoms with Crippen LogP contribution in [0.2, 0.25) is 0 Å². The zero-order chi connectivity index (χ0) is 16.7. The number of benzene rings is 1. The Balaban J connectivity index is 1.50. The van der Waals surface area contributed by atoms with Crippen molar-refractivity contribution in [3.05, 3.63) is 35.2 Å². The van der Waals surface area contributed by atoms with Crippen LogP contribution in [0, 0.1) is 0 Å². The van der Waals surface area contributed by atoms with E-state index in [-0.39, 0.29) is 17.9 Å². The molecule has 1 saturated carbocycles.